The fourth-order valence-electron chi connectivity index (χ4n) is 3.06. The van der Waals surface area contributed by atoms with Gasteiger partial charge in [0.2, 0.25) is 0 Å². The molecule has 3 rings (SSSR count). The predicted octanol–water partition coefficient (Wildman–Crippen LogP) is 4.28. The van der Waals surface area contributed by atoms with E-state index in [0.717, 1.165) is 24.3 Å². The van der Waals surface area contributed by atoms with E-state index in [-0.39, 0.29) is 6.03 Å². The van der Waals surface area contributed by atoms with E-state index >= 15 is 0 Å². The summed E-state index contributed by atoms with van der Waals surface area (Å²) in [7, 11) is 0. The average molecular weight is 403 g/mol. The fraction of sp³-hybridized carbons (Fsp3) is 0.261. The van der Waals surface area contributed by atoms with E-state index in [9.17, 15) is 4.79 Å². The lowest BCUT2D eigenvalue weighted by Gasteiger charge is -2.23. The van der Waals surface area contributed by atoms with Crippen LogP contribution in [0.4, 0.5) is 10.5 Å². The number of rotatable bonds is 9. The number of aromatic nitrogens is 2. The number of carbonyl (C=O) groups excluding carboxylic acids is 1. The van der Waals surface area contributed by atoms with Gasteiger partial charge in [0.05, 0.1) is 24.6 Å². The van der Waals surface area contributed by atoms with Gasteiger partial charge in [-0.05, 0) is 49.2 Å². The van der Waals surface area contributed by atoms with Crippen LogP contribution in [0.5, 0.6) is 5.75 Å². The van der Waals surface area contributed by atoms with Crippen molar-refractivity contribution in [3.8, 4) is 11.8 Å². The molecule has 154 valence electrons. The molecule has 30 heavy (non-hydrogen) atoms. The molecule has 0 aliphatic rings. The Kier molecular flexibility index (Phi) is 7.45. The molecule has 7 heteroatoms. The van der Waals surface area contributed by atoms with Gasteiger partial charge in [0.25, 0.3) is 0 Å². The summed E-state index contributed by atoms with van der Waals surface area (Å²) in [5.74, 6) is 0.811. The van der Waals surface area contributed by atoms with Gasteiger partial charge in [-0.3, -0.25) is 0 Å². The van der Waals surface area contributed by atoms with E-state index in [0.29, 0.717) is 30.9 Å². The quantitative estimate of drug-likeness (QED) is 0.578. The lowest BCUT2D eigenvalue weighted by molar-refractivity contribution is 0.207. The standard InChI is InChI=1S/C23H25N5O2/c1-2-30-22-9-7-19(8-10-22)17-28(13-4-12-27-14-11-25-18-27)23(29)26-21-6-3-5-20(15-21)16-24/h3,5-11,14-15,18H,2,4,12-13,17H2,1H3,(H,26,29). The first-order chi connectivity index (χ1) is 14.7. The third kappa shape index (κ3) is 6.11. The molecule has 1 heterocycles. The van der Waals surface area contributed by atoms with Gasteiger partial charge in [-0.2, -0.15) is 5.26 Å². The normalized spacial score (nSPS) is 10.3. The largest absolute Gasteiger partial charge is 0.494 e. The Morgan fingerprint density at radius 3 is 2.80 bits per heavy atom. The Morgan fingerprint density at radius 1 is 1.27 bits per heavy atom. The molecule has 0 unspecified atom stereocenters. The maximum absolute atomic E-state index is 13.0. The number of nitrogens with one attached hydrogen (secondary N) is 1. The van der Waals surface area contributed by atoms with Crippen molar-refractivity contribution in [3.63, 3.8) is 0 Å². The molecule has 0 fully saturated rings. The Labute approximate surface area is 176 Å². The molecule has 0 saturated heterocycles. The summed E-state index contributed by atoms with van der Waals surface area (Å²) in [5.41, 5.74) is 2.12. The second-order valence-corrected chi connectivity index (χ2v) is 6.78. The van der Waals surface area contributed by atoms with Crippen LogP contribution in [0, 0.1) is 11.3 Å². The van der Waals surface area contributed by atoms with Crippen molar-refractivity contribution in [2.24, 2.45) is 0 Å². The summed E-state index contributed by atoms with van der Waals surface area (Å²) in [4.78, 5) is 18.8. The number of hydrogen-bond acceptors (Lipinski definition) is 4. The molecule has 0 aliphatic heterocycles. The van der Waals surface area contributed by atoms with Crippen molar-refractivity contribution in [1.29, 1.82) is 5.26 Å². The summed E-state index contributed by atoms with van der Waals surface area (Å²) in [6.45, 7) is 4.39. The van der Waals surface area contributed by atoms with Crippen LogP contribution in [0.15, 0.2) is 67.3 Å². The Hall–Kier alpha value is -3.79. The number of nitrogens with zero attached hydrogens (tertiary/aromatic N) is 4. The van der Waals surface area contributed by atoms with Gasteiger partial charge in [0.1, 0.15) is 5.75 Å². The Morgan fingerprint density at radius 2 is 2.10 bits per heavy atom. The number of nitriles is 1. The van der Waals surface area contributed by atoms with Crippen molar-refractivity contribution in [2.45, 2.75) is 26.4 Å². The molecule has 2 aromatic carbocycles. The SMILES string of the molecule is CCOc1ccc(CN(CCCn2ccnc2)C(=O)Nc2cccc(C#N)c2)cc1. The van der Waals surface area contributed by atoms with Gasteiger partial charge >= 0.3 is 6.03 Å². The highest BCUT2D eigenvalue weighted by Crippen LogP contribution is 2.16. The van der Waals surface area contributed by atoms with Crippen LogP contribution >= 0.6 is 0 Å². The maximum Gasteiger partial charge on any atom is 0.322 e. The van der Waals surface area contributed by atoms with Gasteiger partial charge in [-0.25, -0.2) is 9.78 Å². The lowest BCUT2D eigenvalue weighted by atomic mass is 10.2. The van der Waals surface area contributed by atoms with Crippen LogP contribution < -0.4 is 10.1 Å². The number of benzene rings is 2. The van der Waals surface area contributed by atoms with Crippen LogP contribution in [0.3, 0.4) is 0 Å². The second-order valence-electron chi connectivity index (χ2n) is 6.78. The molecule has 0 bridgehead atoms. The van der Waals surface area contributed by atoms with E-state index < -0.39 is 0 Å². The van der Waals surface area contributed by atoms with Gasteiger partial charge in [0.15, 0.2) is 0 Å². The number of imidazole rings is 1. The minimum Gasteiger partial charge on any atom is -0.494 e. The molecule has 2 amide bonds. The zero-order chi connectivity index (χ0) is 21.2. The zero-order valence-corrected chi connectivity index (χ0v) is 17.0. The van der Waals surface area contributed by atoms with Crippen molar-refractivity contribution in [2.75, 3.05) is 18.5 Å². The van der Waals surface area contributed by atoms with Crippen LogP contribution in [-0.2, 0) is 13.1 Å². The summed E-state index contributed by atoms with van der Waals surface area (Å²) < 4.78 is 7.48. The third-order valence-corrected chi connectivity index (χ3v) is 4.54. The number of ether oxygens (including phenoxy) is 1. The van der Waals surface area contributed by atoms with Crippen LogP contribution in [0.25, 0.3) is 0 Å². The van der Waals surface area contributed by atoms with E-state index in [1.807, 2.05) is 42.0 Å². The molecular weight excluding hydrogens is 378 g/mol. The summed E-state index contributed by atoms with van der Waals surface area (Å²) in [5, 5.41) is 12.0. The number of aryl methyl sites for hydroxylation is 1. The topological polar surface area (TPSA) is 83.2 Å². The lowest BCUT2D eigenvalue weighted by Crippen LogP contribution is -2.35. The first-order valence-electron chi connectivity index (χ1n) is 9.91. The number of anilines is 1. The van der Waals surface area contributed by atoms with Crippen LogP contribution in [-0.4, -0.2) is 33.6 Å². The number of hydrogen-bond donors (Lipinski definition) is 1. The molecule has 0 saturated carbocycles. The van der Waals surface area contributed by atoms with Crippen LogP contribution in [0.2, 0.25) is 0 Å². The molecule has 0 atom stereocenters. The highest BCUT2D eigenvalue weighted by molar-refractivity contribution is 5.89. The van der Waals surface area contributed by atoms with Crippen molar-refractivity contribution in [1.82, 2.24) is 14.5 Å². The Bertz CT molecular complexity index is 978. The highest BCUT2D eigenvalue weighted by Gasteiger charge is 2.15. The number of urea groups is 1. The smallest absolute Gasteiger partial charge is 0.322 e. The third-order valence-electron chi connectivity index (χ3n) is 4.54. The Balaban J connectivity index is 1.68. The minimum absolute atomic E-state index is 0.204. The highest BCUT2D eigenvalue weighted by atomic mass is 16.5. The van der Waals surface area contributed by atoms with E-state index in [2.05, 4.69) is 16.4 Å². The van der Waals surface area contributed by atoms with Crippen molar-refractivity contribution < 1.29 is 9.53 Å². The summed E-state index contributed by atoms with van der Waals surface area (Å²) in [6, 6.07) is 16.6. The van der Waals surface area contributed by atoms with E-state index in [1.54, 1.807) is 41.7 Å². The predicted molar refractivity (Wildman–Crippen MR) is 115 cm³/mol. The summed E-state index contributed by atoms with van der Waals surface area (Å²) in [6.07, 6.45) is 6.21. The fourth-order valence-corrected chi connectivity index (χ4v) is 3.06. The first kappa shape index (κ1) is 20.9. The van der Waals surface area contributed by atoms with Crippen LogP contribution in [0.1, 0.15) is 24.5 Å². The molecule has 0 radical (unpaired) electrons. The number of amides is 2. The molecule has 0 spiro atoms. The molecule has 7 nitrogen and oxygen atoms in total. The van der Waals surface area contributed by atoms with Gasteiger partial charge in [-0.15, -0.1) is 0 Å². The second kappa shape index (κ2) is 10.7. The first-order valence-corrected chi connectivity index (χ1v) is 9.91. The molecule has 1 aromatic heterocycles. The van der Waals surface area contributed by atoms with Gasteiger partial charge in [-0.1, -0.05) is 18.2 Å². The van der Waals surface area contributed by atoms with E-state index in [1.165, 1.54) is 0 Å². The zero-order valence-electron chi connectivity index (χ0n) is 17.0. The molecule has 1 N–H and O–H groups in total. The van der Waals surface area contributed by atoms with E-state index in [4.69, 9.17) is 10.00 Å². The monoisotopic (exact) mass is 403 g/mol. The van der Waals surface area contributed by atoms with Crippen molar-refractivity contribution in [3.05, 3.63) is 78.4 Å². The van der Waals surface area contributed by atoms with Gasteiger partial charge < -0.3 is 19.5 Å². The van der Waals surface area contributed by atoms with Gasteiger partial charge in [0, 0.05) is 37.7 Å². The summed E-state index contributed by atoms with van der Waals surface area (Å²) >= 11 is 0. The van der Waals surface area contributed by atoms with Crippen molar-refractivity contribution >= 4 is 11.7 Å². The average Bonchev–Trinajstić information content (AvgIpc) is 3.28. The molecule has 3 aromatic rings. The molecular formula is C23H25N5O2. The maximum atomic E-state index is 13.0. The molecule has 0 aliphatic carbocycles. The number of carbonyl (C=O) groups is 1. The minimum atomic E-state index is -0.204.